The quantitative estimate of drug-likeness (QED) is 0.769. The Balaban J connectivity index is 2.44. The molecule has 94 valence electrons. The van der Waals surface area contributed by atoms with Crippen molar-refractivity contribution in [3.05, 3.63) is 41.7 Å². The van der Waals surface area contributed by atoms with Crippen LogP contribution in [-0.4, -0.2) is 15.6 Å². The molecule has 0 saturated heterocycles. The second-order valence-electron chi connectivity index (χ2n) is 4.32. The van der Waals surface area contributed by atoms with E-state index in [1.54, 1.807) is 0 Å². The smallest absolute Gasteiger partial charge is 0.162 e. The van der Waals surface area contributed by atoms with Gasteiger partial charge in [0, 0.05) is 29.8 Å². The fourth-order valence-corrected chi connectivity index (χ4v) is 2.11. The van der Waals surface area contributed by atoms with Crippen molar-refractivity contribution >= 4 is 5.78 Å². The van der Waals surface area contributed by atoms with Gasteiger partial charge in [0.1, 0.15) is 0 Å². The highest BCUT2D eigenvalue weighted by Gasteiger charge is 2.09. The molecule has 3 heteroatoms. The molecule has 0 fully saturated rings. The normalized spacial score (nSPS) is 10.6. The monoisotopic (exact) mass is 242 g/mol. The average molecular weight is 242 g/mol. The van der Waals surface area contributed by atoms with Crippen LogP contribution >= 0.6 is 0 Å². The molecule has 0 amide bonds. The summed E-state index contributed by atoms with van der Waals surface area (Å²) in [4.78, 5) is 11.7. The predicted octanol–water partition coefficient (Wildman–Crippen LogP) is 3.47. The summed E-state index contributed by atoms with van der Waals surface area (Å²) in [5.74, 6) is 0.178. The number of hydrogen-bond donors (Lipinski definition) is 0. The van der Waals surface area contributed by atoms with E-state index in [2.05, 4.69) is 18.9 Å². The average Bonchev–Trinajstić information content (AvgIpc) is 2.79. The lowest BCUT2D eigenvalue weighted by molar-refractivity contribution is 0.0988. The minimum Gasteiger partial charge on any atom is -0.294 e. The number of Topliss-reactive ketones (excluding diaryl/α,β-unsaturated/α-hetero) is 1. The van der Waals surface area contributed by atoms with E-state index < -0.39 is 0 Å². The van der Waals surface area contributed by atoms with Crippen molar-refractivity contribution in [1.82, 2.24) is 9.78 Å². The third kappa shape index (κ3) is 2.21. The number of nitrogens with zero attached hydrogens (tertiary/aromatic N) is 2. The van der Waals surface area contributed by atoms with E-state index in [0.29, 0.717) is 6.42 Å². The Morgan fingerprint density at radius 1 is 1.33 bits per heavy atom. The number of benzene rings is 1. The fraction of sp³-hybridized carbons (Fsp3) is 0.333. The Morgan fingerprint density at radius 3 is 2.72 bits per heavy atom. The summed E-state index contributed by atoms with van der Waals surface area (Å²) >= 11 is 0. The molecule has 18 heavy (non-hydrogen) atoms. The van der Waals surface area contributed by atoms with Gasteiger partial charge in [0.05, 0.1) is 6.20 Å². The first kappa shape index (κ1) is 12.6. The highest BCUT2D eigenvalue weighted by atomic mass is 16.1. The first-order valence-corrected chi connectivity index (χ1v) is 6.33. The van der Waals surface area contributed by atoms with Gasteiger partial charge in [-0.05, 0) is 25.5 Å². The van der Waals surface area contributed by atoms with Crippen LogP contribution in [0.4, 0.5) is 0 Å². The lowest BCUT2D eigenvalue weighted by Gasteiger charge is -2.04. The number of aromatic nitrogens is 2. The lowest BCUT2D eigenvalue weighted by atomic mass is 10.0. The van der Waals surface area contributed by atoms with Gasteiger partial charge in [-0.15, -0.1) is 0 Å². The van der Waals surface area contributed by atoms with Crippen LogP contribution in [0, 0.1) is 6.92 Å². The van der Waals surface area contributed by atoms with Gasteiger partial charge in [0.2, 0.25) is 0 Å². The lowest BCUT2D eigenvalue weighted by Crippen LogP contribution is -1.99. The molecule has 2 aromatic rings. The topological polar surface area (TPSA) is 34.9 Å². The van der Waals surface area contributed by atoms with Crippen LogP contribution in [-0.2, 0) is 6.54 Å². The van der Waals surface area contributed by atoms with Crippen LogP contribution in [0.5, 0.6) is 0 Å². The van der Waals surface area contributed by atoms with E-state index in [4.69, 9.17) is 0 Å². The Kier molecular flexibility index (Phi) is 3.60. The molecule has 0 spiro atoms. The largest absolute Gasteiger partial charge is 0.294 e. The van der Waals surface area contributed by atoms with Gasteiger partial charge in [0.25, 0.3) is 0 Å². The number of ketones is 1. The van der Waals surface area contributed by atoms with Crippen molar-refractivity contribution in [2.45, 2.75) is 33.7 Å². The summed E-state index contributed by atoms with van der Waals surface area (Å²) in [6, 6.07) is 7.78. The van der Waals surface area contributed by atoms with E-state index in [-0.39, 0.29) is 5.78 Å². The van der Waals surface area contributed by atoms with Crippen LogP contribution < -0.4 is 0 Å². The highest BCUT2D eigenvalue weighted by molar-refractivity contribution is 5.97. The molecule has 0 aliphatic heterocycles. The summed E-state index contributed by atoms with van der Waals surface area (Å²) in [6.45, 7) is 6.87. The maximum atomic E-state index is 11.7. The zero-order chi connectivity index (χ0) is 13.1. The van der Waals surface area contributed by atoms with Gasteiger partial charge in [-0.2, -0.15) is 5.10 Å². The summed E-state index contributed by atoms with van der Waals surface area (Å²) in [5, 5.41) is 4.34. The number of aryl methyl sites for hydroxylation is 1. The van der Waals surface area contributed by atoms with Crippen molar-refractivity contribution in [2.75, 3.05) is 0 Å². The molecule has 1 heterocycles. The number of hydrogen-bond acceptors (Lipinski definition) is 2. The van der Waals surface area contributed by atoms with Crippen LogP contribution in [0.2, 0.25) is 0 Å². The molecular formula is C15H18N2O. The molecule has 0 saturated carbocycles. The Hall–Kier alpha value is -1.90. The molecule has 0 unspecified atom stereocenters. The third-order valence-corrected chi connectivity index (χ3v) is 3.22. The van der Waals surface area contributed by atoms with Crippen LogP contribution in [0.3, 0.4) is 0 Å². The van der Waals surface area contributed by atoms with Gasteiger partial charge >= 0.3 is 0 Å². The first-order chi connectivity index (χ1) is 8.67. The standard InChI is InChI=1S/C15H18N2O/c1-4-15(18)13-8-6-7-12(9-13)14-10-16-17(5-2)11(14)3/h6-10H,4-5H2,1-3H3. The summed E-state index contributed by atoms with van der Waals surface area (Å²) in [5.41, 5.74) is 4.08. The summed E-state index contributed by atoms with van der Waals surface area (Å²) in [7, 11) is 0. The fourth-order valence-electron chi connectivity index (χ4n) is 2.11. The zero-order valence-electron chi connectivity index (χ0n) is 11.1. The summed E-state index contributed by atoms with van der Waals surface area (Å²) in [6.07, 6.45) is 2.41. The Bertz CT molecular complexity index is 570. The van der Waals surface area contributed by atoms with Crippen molar-refractivity contribution in [3.63, 3.8) is 0 Å². The van der Waals surface area contributed by atoms with Crippen LogP contribution in [0.1, 0.15) is 36.3 Å². The zero-order valence-corrected chi connectivity index (χ0v) is 11.1. The van der Waals surface area contributed by atoms with Gasteiger partial charge in [-0.25, -0.2) is 0 Å². The first-order valence-electron chi connectivity index (χ1n) is 6.33. The van der Waals surface area contributed by atoms with Gasteiger partial charge in [-0.3, -0.25) is 9.48 Å². The van der Waals surface area contributed by atoms with E-state index in [1.165, 1.54) is 0 Å². The second-order valence-corrected chi connectivity index (χ2v) is 4.32. The molecule has 3 nitrogen and oxygen atoms in total. The molecule has 0 radical (unpaired) electrons. The number of rotatable bonds is 4. The predicted molar refractivity (Wildman–Crippen MR) is 72.7 cm³/mol. The van der Waals surface area contributed by atoms with Crippen molar-refractivity contribution in [2.24, 2.45) is 0 Å². The second kappa shape index (κ2) is 5.17. The molecule has 0 aliphatic rings. The van der Waals surface area contributed by atoms with E-state index in [0.717, 1.165) is 28.9 Å². The third-order valence-electron chi connectivity index (χ3n) is 3.22. The van der Waals surface area contributed by atoms with E-state index in [9.17, 15) is 4.79 Å². The minimum atomic E-state index is 0.178. The van der Waals surface area contributed by atoms with Gasteiger partial charge in [-0.1, -0.05) is 25.1 Å². The highest BCUT2D eigenvalue weighted by Crippen LogP contribution is 2.24. The van der Waals surface area contributed by atoms with Gasteiger partial charge < -0.3 is 0 Å². The van der Waals surface area contributed by atoms with Gasteiger partial charge in [0.15, 0.2) is 5.78 Å². The van der Waals surface area contributed by atoms with E-state index in [1.807, 2.05) is 42.1 Å². The maximum Gasteiger partial charge on any atom is 0.162 e. The molecule has 0 bridgehead atoms. The van der Waals surface area contributed by atoms with Crippen LogP contribution in [0.15, 0.2) is 30.5 Å². The molecule has 1 aromatic heterocycles. The molecule has 0 N–H and O–H groups in total. The van der Waals surface area contributed by atoms with Crippen molar-refractivity contribution in [1.29, 1.82) is 0 Å². The molecule has 0 aliphatic carbocycles. The number of carbonyl (C=O) groups is 1. The van der Waals surface area contributed by atoms with Crippen molar-refractivity contribution < 1.29 is 4.79 Å². The van der Waals surface area contributed by atoms with Crippen LogP contribution in [0.25, 0.3) is 11.1 Å². The maximum absolute atomic E-state index is 11.7. The molecule has 0 atom stereocenters. The van der Waals surface area contributed by atoms with E-state index >= 15 is 0 Å². The minimum absolute atomic E-state index is 0.178. The molecule has 2 rings (SSSR count). The Morgan fingerprint density at radius 2 is 2.11 bits per heavy atom. The van der Waals surface area contributed by atoms with Crippen molar-refractivity contribution in [3.8, 4) is 11.1 Å². The number of carbonyl (C=O) groups excluding carboxylic acids is 1. The summed E-state index contributed by atoms with van der Waals surface area (Å²) < 4.78 is 1.96. The SMILES string of the molecule is CCC(=O)c1cccc(-c2cnn(CC)c2C)c1. The molecule has 1 aromatic carbocycles. The Labute approximate surface area is 107 Å². The molecular weight excluding hydrogens is 224 g/mol.